The van der Waals surface area contributed by atoms with Gasteiger partial charge < -0.3 is 29.2 Å². The lowest BCUT2D eigenvalue weighted by Crippen LogP contribution is -2.13. The summed E-state index contributed by atoms with van der Waals surface area (Å²) in [5, 5.41) is 21.5. The largest absolute Gasteiger partial charge is 0.496 e. The van der Waals surface area contributed by atoms with Crippen LogP contribution in [0.5, 0.6) is 23.0 Å². The van der Waals surface area contributed by atoms with Gasteiger partial charge in [-0.3, -0.25) is 0 Å². The quantitative estimate of drug-likeness (QED) is 0.788. The average Bonchev–Trinajstić information content (AvgIpc) is 2.67. The molecule has 26 heavy (non-hydrogen) atoms. The highest BCUT2D eigenvalue weighted by Gasteiger charge is 2.26. The van der Waals surface area contributed by atoms with Crippen molar-refractivity contribution >= 4 is 0 Å². The molecule has 6 nitrogen and oxygen atoms in total. The third kappa shape index (κ3) is 3.57. The highest BCUT2D eigenvalue weighted by molar-refractivity contribution is 5.54. The van der Waals surface area contributed by atoms with Gasteiger partial charge in [-0.15, -0.1) is 0 Å². The molecule has 0 saturated heterocycles. The minimum atomic E-state index is -1.17. The van der Waals surface area contributed by atoms with E-state index in [1.165, 1.54) is 21.3 Å². The molecule has 0 fully saturated rings. The lowest BCUT2D eigenvalue weighted by atomic mass is 9.92. The summed E-state index contributed by atoms with van der Waals surface area (Å²) in [5.74, 6) is 1.99. The number of benzene rings is 2. The second-order valence-corrected chi connectivity index (χ2v) is 5.96. The number of methoxy groups -OCH3 is 4. The molecule has 0 bridgehead atoms. The first-order chi connectivity index (χ1) is 12.4. The standard InChI is InChI=1S/C20H26O6/c1-11-12(2)15(23-3)8-7-14(11)19(22)18(21)13-9-16(24-4)20(26-6)17(10-13)25-5/h7-10,18-19,21-22H,1-6H3/t18-,19-/m0/s1. The molecule has 2 atom stereocenters. The van der Waals surface area contributed by atoms with Gasteiger partial charge in [0.05, 0.1) is 28.4 Å². The van der Waals surface area contributed by atoms with Crippen molar-refractivity contribution in [3.63, 3.8) is 0 Å². The van der Waals surface area contributed by atoms with Gasteiger partial charge in [0, 0.05) is 0 Å². The Morgan fingerprint density at radius 1 is 0.692 bits per heavy atom. The highest BCUT2D eigenvalue weighted by Crippen LogP contribution is 2.42. The van der Waals surface area contributed by atoms with Crippen molar-refractivity contribution in [2.75, 3.05) is 28.4 Å². The molecule has 0 spiro atoms. The van der Waals surface area contributed by atoms with Crippen molar-refractivity contribution in [1.82, 2.24) is 0 Å². The van der Waals surface area contributed by atoms with Crippen molar-refractivity contribution < 1.29 is 29.2 Å². The van der Waals surface area contributed by atoms with Crippen LogP contribution in [0, 0.1) is 13.8 Å². The van der Waals surface area contributed by atoms with E-state index in [9.17, 15) is 10.2 Å². The van der Waals surface area contributed by atoms with E-state index in [0.717, 1.165) is 16.9 Å². The molecule has 0 saturated carbocycles. The first kappa shape index (κ1) is 19.9. The molecule has 0 aliphatic rings. The summed E-state index contributed by atoms with van der Waals surface area (Å²) in [6, 6.07) is 6.79. The number of ether oxygens (including phenoxy) is 4. The lowest BCUT2D eigenvalue weighted by molar-refractivity contribution is 0.0165. The van der Waals surface area contributed by atoms with Crippen LogP contribution in [0.15, 0.2) is 24.3 Å². The maximum absolute atomic E-state index is 10.8. The highest BCUT2D eigenvalue weighted by atomic mass is 16.5. The summed E-state index contributed by atoms with van der Waals surface area (Å²) in [6.07, 6.45) is -2.29. The fourth-order valence-electron chi connectivity index (χ4n) is 2.98. The van der Waals surface area contributed by atoms with Crippen LogP contribution in [0.1, 0.15) is 34.5 Å². The van der Waals surface area contributed by atoms with Crippen LogP contribution in [0.3, 0.4) is 0 Å². The number of hydrogen-bond donors (Lipinski definition) is 2. The zero-order chi connectivity index (χ0) is 19.4. The van der Waals surface area contributed by atoms with Gasteiger partial charge in [-0.2, -0.15) is 0 Å². The molecule has 6 heteroatoms. The van der Waals surface area contributed by atoms with E-state index in [4.69, 9.17) is 18.9 Å². The van der Waals surface area contributed by atoms with Gasteiger partial charge in [-0.1, -0.05) is 6.07 Å². The number of rotatable bonds is 7. The maximum Gasteiger partial charge on any atom is 0.203 e. The number of aliphatic hydroxyl groups is 2. The SMILES string of the molecule is COc1ccc([C@H](O)[C@@H](O)c2cc(OC)c(OC)c(OC)c2)c(C)c1C. The third-order valence-electron chi connectivity index (χ3n) is 4.65. The summed E-state index contributed by atoms with van der Waals surface area (Å²) >= 11 is 0. The summed E-state index contributed by atoms with van der Waals surface area (Å²) in [4.78, 5) is 0. The van der Waals surface area contributed by atoms with Gasteiger partial charge in [0.2, 0.25) is 5.75 Å². The molecule has 2 N–H and O–H groups in total. The van der Waals surface area contributed by atoms with Crippen LogP contribution in [0.4, 0.5) is 0 Å². The Morgan fingerprint density at radius 3 is 1.69 bits per heavy atom. The Morgan fingerprint density at radius 2 is 1.23 bits per heavy atom. The van der Waals surface area contributed by atoms with E-state index in [1.54, 1.807) is 31.4 Å². The van der Waals surface area contributed by atoms with Crippen LogP contribution >= 0.6 is 0 Å². The smallest absolute Gasteiger partial charge is 0.203 e. The predicted octanol–water partition coefficient (Wildman–Crippen LogP) is 3.10. The predicted molar refractivity (Wildman–Crippen MR) is 98.5 cm³/mol. The Bertz CT molecular complexity index is 746. The minimum absolute atomic E-state index is 0.413. The van der Waals surface area contributed by atoms with Gasteiger partial charge in [0.25, 0.3) is 0 Å². The van der Waals surface area contributed by atoms with E-state index in [-0.39, 0.29) is 0 Å². The Hall–Kier alpha value is -2.44. The van der Waals surface area contributed by atoms with E-state index < -0.39 is 12.2 Å². The Kier molecular flexibility index (Phi) is 6.34. The van der Waals surface area contributed by atoms with Crippen molar-refractivity contribution in [3.05, 3.63) is 46.5 Å². The molecular weight excluding hydrogens is 336 g/mol. The van der Waals surface area contributed by atoms with Crippen LogP contribution in [0.25, 0.3) is 0 Å². The van der Waals surface area contributed by atoms with Crippen molar-refractivity contribution in [3.8, 4) is 23.0 Å². The molecule has 0 aliphatic heterocycles. The van der Waals surface area contributed by atoms with Gasteiger partial charge in [-0.05, 0) is 54.3 Å². The third-order valence-corrected chi connectivity index (χ3v) is 4.65. The van der Waals surface area contributed by atoms with Crippen molar-refractivity contribution in [2.24, 2.45) is 0 Å². The summed E-state index contributed by atoms with van der Waals surface area (Å²) < 4.78 is 21.2. The van der Waals surface area contributed by atoms with Crippen molar-refractivity contribution in [2.45, 2.75) is 26.1 Å². The molecule has 0 amide bonds. The Balaban J connectivity index is 2.45. The second-order valence-electron chi connectivity index (χ2n) is 5.96. The van der Waals surface area contributed by atoms with E-state index in [0.29, 0.717) is 28.4 Å². The van der Waals surface area contributed by atoms with Crippen LogP contribution in [-0.2, 0) is 0 Å². The molecular formula is C20H26O6. The fraction of sp³-hybridized carbons (Fsp3) is 0.400. The molecule has 0 radical (unpaired) electrons. The zero-order valence-corrected chi connectivity index (χ0v) is 16.0. The van der Waals surface area contributed by atoms with E-state index in [1.807, 2.05) is 13.8 Å². The first-order valence-corrected chi connectivity index (χ1v) is 8.19. The van der Waals surface area contributed by atoms with Crippen LogP contribution < -0.4 is 18.9 Å². The normalized spacial score (nSPS) is 13.1. The zero-order valence-electron chi connectivity index (χ0n) is 16.0. The van der Waals surface area contributed by atoms with Crippen LogP contribution in [0.2, 0.25) is 0 Å². The maximum atomic E-state index is 10.8. The minimum Gasteiger partial charge on any atom is -0.496 e. The van der Waals surface area contributed by atoms with E-state index in [2.05, 4.69) is 0 Å². The Labute approximate surface area is 153 Å². The van der Waals surface area contributed by atoms with Gasteiger partial charge in [0.1, 0.15) is 18.0 Å². The summed E-state index contributed by atoms with van der Waals surface area (Å²) in [7, 11) is 6.11. The van der Waals surface area contributed by atoms with Gasteiger partial charge in [0.15, 0.2) is 11.5 Å². The number of hydrogen-bond acceptors (Lipinski definition) is 6. The molecule has 0 unspecified atom stereocenters. The molecule has 0 aromatic heterocycles. The summed E-state index contributed by atoms with van der Waals surface area (Å²) in [6.45, 7) is 3.80. The molecule has 2 aromatic carbocycles. The molecule has 142 valence electrons. The van der Waals surface area contributed by atoms with Crippen molar-refractivity contribution in [1.29, 1.82) is 0 Å². The molecule has 2 aromatic rings. The molecule has 0 heterocycles. The van der Waals surface area contributed by atoms with Crippen LogP contribution in [-0.4, -0.2) is 38.7 Å². The lowest BCUT2D eigenvalue weighted by Gasteiger charge is -2.23. The molecule has 2 rings (SSSR count). The monoisotopic (exact) mass is 362 g/mol. The van der Waals surface area contributed by atoms with Gasteiger partial charge >= 0.3 is 0 Å². The fourth-order valence-corrected chi connectivity index (χ4v) is 2.98. The topological polar surface area (TPSA) is 77.4 Å². The van der Waals surface area contributed by atoms with Gasteiger partial charge in [-0.25, -0.2) is 0 Å². The summed E-state index contributed by atoms with van der Waals surface area (Å²) in [5.41, 5.74) is 2.87. The number of aliphatic hydroxyl groups excluding tert-OH is 2. The molecule has 0 aliphatic carbocycles. The second kappa shape index (κ2) is 8.29. The average molecular weight is 362 g/mol. The first-order valence-electron chi connectivity index (χ1n) is 8.19. The van der Waals surface area contributed by atoms with E-state index >= 15 is 0 Å².